The second-order valence-electron chi connectivity index (χ2n) is 7.63. The molecule has 1 amide bonds. The SMILES string of the molecule is Cc1cc(C)c(S(=O)(=O)N2CCN(C(=O)c3cccc([N+](=O)[O-])c3C)CC2)c(C)c1. The fourth-order valence-electron chi connectivity index (χ4n) is 4.06. The number of nitrogens with zero attached hydrogens (tertiary/aromatic N) is 3. The molecule has 1 fully saturated rings. The van der Waals surface area contributed by atoms with Crippen molar-refractivity contribution in [3.8, 4) is 0 Å². The first-order chi connectivity index (χ1) is 14.0. The number of carbonyl (C=O) groups is 1. The van der Waals surface area contributed by atoms with Crippen molar-refractivity contribution < 1.29 is 18.1 Å². The van der Waals surface area contributed by atoms with Crippen LogP contribution in [0.1, 0.15) is 32.6 Å². The Hall–Kier alpha value is -2.78. The van der Waals surface area contributed by atoms with E-state index in [0.29, 0.717) is 21.6 Å². The number of sulfonamides is 1. The molecule has 8 nitrogen and oxygen atoms in total. The number of nitro benzene ring substituents is 1. The molecule has 0 atom stereocenters. The normalized spacial score (nSPS) is 15.3. The second-order valence-corrected chi connectivity index (χ2v) is 9.51. The van der Waals surface area contributed by atoms with Crippen molar-refractivity contribution in [3.05, 3.63) is 68.3 Å². The van der Waals surface area contributed by atoms with Gasteiger partial charge in [-0.2, -0.15) is 4.31 Å². The Bertz CT molecular complexity index is 1100. The van der Waals surface area contributed by atoms with Crippen LogP contribution in [0.3, 0.4) is 0 Å². The zero-order valence-electron chi connectivity index (χ0n) is 17.5. The zero-order valence-corrected chi connectivity index (χ0v) is 18.3. The maximum absolute atomic E-state index is 13.2. The third kappa shape index (κ3) is 3.95. The zero-order chi connectivity index (χ0) is 22.2. The molecular formula is C21H25N3O5S. The lowest BCUT2D eigenvalue weighted by molar-refractivity contribution is -0.385. The summed E-state index contributed by atoms with van der Waals surface area (Å²) in [4.78, 5) is 25.4. The Morgan fingerprint density at radius 3 is 2.10 bits per heavy atom. The van der Waals surface area contributed by atoms with Gasteiger partial charge in [0.05, 0.1) is 9.82 Å². The van der Waals surface area contributed by atoms with Gasteiger partial charge in [-0.05, 0) is 44.9 Å². The molecule has 0 aliphatic carbocycles. The fourth-order valence-corrected chi connectivity index (χ4v) is 5.89. The molecule has 9 heteroatoms. The quantitative estimate of drug-likeness (QED) is 0.547. The van der Waals surface area contributed by atoms with Crippen molar-refractivity contribution >= 4 is 21.6 Å². The summed E-state index contributed by atoms with van der Waals surface area (Å²) in [5.41, 5.74) is 2.90. The molecule has 0 bridgehead atoms. The van der Waals surface area contributed by atoms with Gasteiger partial charge in [0, 0.05) is 43.4 Å². The first-order valence-electron chi connectivity index (χ1n) is 9.65. The summed E-state index contributed by atoms with van der Waals surface area (Å²) < 4.78 is 27.8. The highest BCUT2D eigenvalue weighted by Gasteiger charge is 2.33. The van der Waals surface area contributed by atoms with E-state index in [9.17, 15) is 23.3 Å². The van der Waals surface area contributed by atoms with Crippen LogP contribution in [0.25, 0.3) is 0 Å². The minimum absolute atomic E-state index is 0.104. The second kappa shape index (κ2) is 8.16. The molecule has 2 aromatic rings. The lowest BCUT2D eigenvalue weighted by Gasteiger charge is -2.34. The van der Waals surface area contributed by atoms with Gasteiger partial charge in [0.2, 0.25) is 10.0 Å². The predicted molar refractivity (Wildman–Crippen MR) is 113 cm³/mol. The monoisotopic (exact) mass is 431 g/mol. The number of piperazine rings is 1. The first kappa shape index (κ1) is 21.9. The van der Waals surface area contributed by atoms with E-state index in [1.807, 2.05) is 19.1 Å². The van der Waals surface area contributed by atoms with Crippen molar-refractivity contribution in [2.45, 2.75) is 32.6 Å². The van der Waals surface area contributed by atoms with E-state index >= 15 is 0 Å². The van der Waals surface area contributed by atoms with Crippen LogP contribution >= 0.6 is 0 Å². The number of aryl methyl sites for hydroxylation is 3. The summed E-state index contributed by atoms with van der Waals surface area (Å²) in [5, 5.41) is 11.1. The number of amides is 1. The highest BCUT2D eigenvalue weighted by atomic mass is 32.2. The summed E-state index contributed by atoms with van der Waals surface area (Å²) in [6.07, 6.45) is 0. The van der Waals surface area contributed by atoms with Gasteiger partial charge in [-0.1, -0.05) is 23.8 Å². The maximum atomic E-state index is 13.2. The molecule has 30 heavy (non-hydrogen) atoms. The number of hydrogen-bond acceptors (Lipinski definition) is 5. The summed E-state index contributed by atoms with van der Waals surface area (Å²) >= 11 is 0. The average Bonchev–Trinajstić information content (AvgIpc) is 2.66. The van der Waals surface area contributed by atoms with Gasteiger partial charge in [0.25, 0.3) is 11.6 Å². The molecule has 160 valence electrons. The number of nitro groups is 1. The molecule has 0 N–H and O–H groups in total. The Morgan fingerprint density at radius 2 is 1.57 bits per heavy atom. The van der Waals surface area contributed by atoms with Gasteiger partial charge in [0.1, 0.15) is 0 Å². The molecule has 0 radical (unpaired) electrons. The topological polar surface area (TPSA) is 101 Å². The third-order valence-corrected chi connectivity index (χ3v) is 7.67. The Labute approximate surface area is 176 Å². The van der Waals surface area contributed by atoms with Gasteiger partial charge in [-0.15, -0.1) is 0 Å². The van der Waals surface area contributed by atoms with Crippen LogP contribution in [-0.4, -0.2) is 54.6 Å². The molecule has 0 saturated carbocycles. The highest BCUT2D eigenvalue weighted by molar-refractivity contribution is 7.89. The van der Waals surface area contributed by atoms with Crippen LogP contribution < -0.4 is 0 Å². The van der Waals surface area contributed by atoms with Gasteiger partial charge in [0.15, 0.2) is 0 Å². The van der Waals surface area contributed by atoms with Crippen molar-refractivity contribution in [2.24, 2.45) is 0 Å². The van der Waals surface area contributed by atoms with E-state index < -0.39 is 14.9 Å². The van der Waals surface area contributed by atoms with Gasteiger partial charge >= 0.3 is 0 Å². The van der Waals surface area contributed by atoms with Crippen LogP contribution in [0.2, 0.25) is 0 Å². The molecule has 1 heterocycles. The van der Waals surface area contributed by atoms with E-state index in [1.165, 1.54) is 16.4 Å². The number of rotatable bonds is 4. The van der Waals surface area contributed by atoms with Crippen LogP contribution in [0, 0.1) is 37.8 Å². The minimum atomic E-state index is -3.67. The third-order valence-electron chi connectivity index (χ3n) is 5.46. The molecule has 0 spiro atoms. The van der Waals surface area contributed by atoms with Crippen LogP contribution in [0.5, 0.6) is 0 Å². The average molecular weight is 432 g/mol. The maximum Gasteiger partial charge on any atom is 0.273 e. The molecule has 1 aliphatic heterocycles. The molecule has 2 aromatic carbocycles. The summed E-state index contributed by atoms with van der Waals surface area (Å²) in [7, 11) is -3.67. The Kier molecular flexibility index (Phi) is 5.96. The van der Waals surface area contributed by atoms with E-state index in [4.69, 9.17) is 0 Å². The fraction of sp³-hybridized carbons (Fsp3) is 0.381. The summed E-state index contributed by atoms with van der Waals surface area (Å²) in [5.74, 6) is -0.323. The standard InChI is InChI=1S/C21H25N3O5S/c1-14-12-15(2)20(16(3)13-14)30(28,29)23-10-8-22(9-11-23)21(25)18-6-5-7-19(17(18)4)24(26)27/h5-7,12-13H,8-11H2,1-4H3. The smallest absolute Gasteiger partial charge is 0.273 e. The molecule has 1 aliphatic rings. The largest absolute Gasteiger partial charge is 0.336 e. The van der Waals surface area contributed by atoms with Crippen molar-refractivity contribution in [2.75, 3.05) is 26.2 Å². The number of carbonyl (C=O) groups excluding carboxylic acids is 1. The van der Waals surface area contributed by atoms with E-state index in [-0.39, 0.29) is 43.3 Å². The van der Waals surface area contributed by atoms with Crippen molar-refractivity contribution in [1.29, 1.82) is 0 Å². The molecule has 0 aromatic heterocycles. The lowest BCUT2D eigenvalue weighted by atomic mass is 10.1. The van der Waals surface area contributed by atoms with Gasteiger partial charge in [-0.25, -0.2) is 8.42 Å². The molecule has 1 saturated heterocycles. The highest BCUT2D eigenvalue weighted by Crippen LogP contribution is 2.27. The van der Waals surface area contributed by atoms with Crippen LogP contribution in [0.15, 0.2) is 35.2 Å². The van der Waals surface area contributed by atoms with Gasteiger partial charge < -0.3 is 4.90 Å². The van der Waals surface area contributed by atoms with Gasteiger partial charge in [-0.3, -0.25) is 14.9 Å². The molecular weight excluding hydrogens is 406 g/mol. The van der Waals surface area contributed by atoms with E-state index in [1.54, 1.807) is 31.7 Å². The first-order valence-corrected chi connectivity index (χ1v) is 11.1. The Balaban J connectivity index is 1.79. The number of hydrogen-bond donors (Lipinski definition) is 0. The van der Waals surface area contributed by atoms with E-state index in [0.717, 1.165) is 5.56 Å². The van der Waals surface area contributed by atoms with E-state index in [2.05, 4.69) is 0 Å². The summed E-state index contributed by atoms with van der Waals surface area (Å²) in [6.45, 7) is 7.86. The van der Waals surface area contributed by atoms with Crippen molar-refractivity contribution in [1.82, 2.24) is 9.21 Å². The van der Waals surface area contributed by atoms with Crippen LogP contribution in [-0.2, 0) is 10.0 Å². The number of benzene rings is 2. The predicted octanol–water partition coefficient (Wildman–Crippen LogP) is 2.98. The minimum Gasteiger partial charge on any atom is -0.336 e. The van der Waals surface area contributed by atoms with Crippen molar-refractivity contribution in [3.63, 3.8) is 0 Å². The molecule has 3 rings (SSSR count). The Morgan fingerprint density at radius 1 is 1.00 bits per heavy atom. The summed E-state index contributed by atoms with van der Waals surface area (Å²) in [6, 6.07) is 8.12. The molecule has 0 unspecified atom stereocenters. The van der Waals surface area contributed by atoms with Crippen LogP contribution in [0.4, 0.5) is 5.69 Å². The lowest BCUT2D eigenvalue weighted by Crippen LogP contribution is -2.50.